The van der Waals surface area contributed by atoms with E-state index in [4.69, 9.17) is 5.73 Å². The van der Waals surface area contributed by atoms with Crippen LogP contribution in [0.2, 0.25) is 0 Å². The second-order valence-corrected chi connectivity index (χ2v) is 6.36. The fourth-order valence-corrected chi connectivity index (χ4v) is 1.86. The van der Waals surface area contributed by atoms with Crippen LogP contribution in [0.1, 0.15) is 51.9 Å². The van der Waals surface area contributed by atoms with E-state index in [0.29, 0.717) is 25.2 Å². The van der Waals surface area contributed by atoms with Gasteiger partial charge in [0, 0.05) is 19.4 Å². The summed E-state index contributed by atoms with van der Waals surface area (Å²) in [5, 5.41) is 2.89. The second kappa shape index (κ2) is 11.9. The Balaban J connectivity index is 3.29. The van der Waals surface area contributed by atoms with Crippen molar-refractivity contribution >= 4 is 34.3 Å². The van der Waals surface area contributed by atoms with E-state index in [1.165, 1.54) is 0 Å². The van der Waals surface area contributed by atoms with Crippen molar-refractivity contribution < 1.29 is 9.59 Å². The SMILES string of the molecule is CC(I)C(=O)CCCCCNC(=O)CCCCN. The smallest absolute Gasteiger partial charge is 0.219 e. The molecule has 1 amide bonds. The number of unbranched alkanes of at least 4 members (excludes halogenated alkanes) is 3. The molecule has 0 heterocycles. The predicted molar refractivity (Wildman–Crippen MR) is 82.9 cm³/mol. The second-order valence-electron chi connectivity index (χ2n) is 4.49. The van der Waals surface area contributed by atoms with Crippen LogP contribution in [0.25, 0.3) is 0 Å². The van der Waals surface area contributed by atoms with Gasteiger partial charge in [0.1, 0.15) is 5.78 Å². The van der Waals surface area contributed by atoms with Crippen LogP contribution >= 0.6 is 22.6 Å². The average molecular weight is 368 g/mol. The molecule has 18 heavy (non-hydrogen) atoms. The van der Waals surface area contributed by atoms with Crippen molar-refractivity contribution in [3.05, 3.63) is 0 Å². The highest BCUT2D eigenvalue weighted by Gasteiger charge is 2.07. The van der Waals surface area contributed by atoms with Crippen LogP contribution in [0.15, 0.2) is 0 Å². The lowest BCUT2D eigenvalue weighted by molar-refractivity contribution is -0.121. The lowest BCUT2D eigenvalue weighted by Gasteiger charge is -2.05. The molecule has 0 radical (unpaired) electrons. The van der Waals surface area contributed by atoms with Crippen molar-refractivity contribution in [3.63, 3.8) is 0 Å². The molecule has 0 aromatic heterocycles. The Hall–Kier alpha value is -0.170. The van der Waals surface area contributed by atoms with Crippen molar-refractivity contribution in [1.29, 1.82) is 0 Å². The van der Waals surface area contributed by atoms with Crippen molar-refractivity contribution in [2.75, 3.05) is 13.1 Å². The number of halogens is 1. The first-order chi connectivity index (χ1) is 8.57. The van der Waals surface area contributed by atoms with Crippen LogP contribution in [0.3, 0.4) is 0 Å². The molecule has 0 aliphatic carbocycles. The summed E-state index contributed by atoms with van der Waals surface area (Å²) in [4.78, 5) is 22.7. The largest absolute Gasteiger partial charge is 0.356 e. The highest BCUT2D eigenvalue weighted by atomic mass is 127. The molecule has 0 aliphatic rings. The minimum absolute atomic E-state index is 0.111. The fraction of sp³-hybridized carbons (Fsp3) is 0.846. The Labute approximate surface area is 124 Å². The summed E-state index contributed by atoms with van der Waals surface area (Å²) in [6, 6.07) is 0. The third-order valence-electron chi connectivity index (χ3n) is 2.72. The normalized spacial score (nSPS) is 12.2. The molecule has 106 valence electrons. The number of nitrogens with two attached hydrogens (primary N) is 1. The Morgan fingerprint density at radius 2 is 1.78 bits per heavy atom. The quantitative estimate of drug-likeness (QED) is 0.334. The van der Waals surface area contributed by atoms with E-state index < -0.39 is 0 Å². The first-order valence-electron chi connectivity index (χ1n) is 6.71. The Bertz CT molecular complexity index is 245. The van der Waals surface area contributed by atoms with Gasteiger partial charge in [0.2, 0.25) is 5.91 Å². The molecule has 0 rings (SSSR count). The number of nitrogens with one attached hydrogen (secondary N) is 1. The maximum absolute atomic E-state index is 11.3. The third kappa shape index (κ3) is 11.0. The van der Waals surface area contributed by atoms with E-state index in [-0.39, 0.29) is 9.83 Å². The number of hydrogen-bond donors (Lipinski definition) is 2. The number of carbonyl (C=O) groups excluding carboxylic acids is 2. The molecule has 0 saturated carbocycles. The first kappa shape index (κ1) is 17.8. The van der Waals surface area contributed by atoms with Crippen molar-refractivity contribution in [2.24, 2.45) is 5.73 Å². The molecule has 0 fully saturated rings. The van der Waals surface area contributed by atoms with E-state index in [1.807, 2.05) is 6.92 Å². The lowest BCUT2D eigenvalue weighted by Crippen LogP contribution is -2.24. The van der Waals surface area contributed by atoms with E-state index in [9.17, 15) is 9.59 Å². The van der Waals surface area contributed by atoms with Crippen LogP contribution in [0, 0.1) is 0 Å². The van der Waals surface area contributed by atoms with E-state index in [0.717, 1.165) is 38.6 Å². The van der Waals surface area contributed by atoms with Crippen LogP contribution < -0.4 is 11.1 Å². The maximum Gasteiger partial charge on any atom is 0.219 e. The molecule has 1 atom stereocenters. The topological polar surface area (TPSA) is 72.2 Å². The van der Waals surface area contributed by atoms with Gasteiger partial charge in [-0.15, -0.1) is 0 Å². The predicted octanol–water partition coefficient (Wildman–Crippen LogP) is 2.18. The van der Waals surface area contributed by atoms with E-state index in [1.54, 1.807) is 0 Å². The van der Waals surface area contributed by atoms with Crippen molar-refractivity contribution in [2.45, 2.75) is 55.8 Å². The molecular formula is C13H25IN2O2. The van der Waals surface area contributed by atoms with E-state index in [2.05, 4.69) is 27.9 Å². The van der Waals surface area contributed by atoms with Crippen LogP contribution in [0.4, 0.5) is 0 Å². The third-order valence-corrected chi connectivity index (χ3v) is 3.42. The van der Waals surface area contributed by atoms with Gasteiger partial charge in [-0.2, -0.15) is 0 Å². The molecule has 0 bridgehead atoms. The number of carbonyl (C=O) groups is 2. The Morgan fingerprint density at radius 1 is 1.11 bits per heavy atom. The molecule has 0 aromatic rings. The van der Waals surface area contributed by atoms with Crippen LogP contribution in [0.5, 0.6) is 0 Å². The summed E-state index contributed by atoms with van der Waals surface area (Å²) in [7, 11) is 0. The maximum atomic E-state index is 11.3. The number of amides is 1. The number of hydrogen-bond acceptors (Lipinski definition) is 3. The molecule has 0 aliphatic heterocycles. The van der Waals surface area contributed by atoms with Gasteiger partial charge in [0.15, 0.2) is 0 Å². The van der Waals surface area contributed by atoms with Gasteiger partial charge in [-0.3, -0.25) is 9.59 Å². The number of Topliss-reactive ketones (excluding diaryl/α,β-unsaturated/α-hetero) is 1. The molecule has 0 saturated heterocycles. The highest BCUT2D eigenvalue weighted by Crippen LogP contribution is 2.07. The van der Waals surface area contributed by atoms with Gasteiger partial charge in [0.05, 0.1) is 3.92 Å². The minimum atomic E-state index is 0.111. The first-order valence-corrected chi connectivity index (χ1v) is 7.96. The molecule has 1 unspecified atom stereocenters. The van der Waals surface area contributed by atoms with Gasteiger partial charge >= 0.3 is 0 Å². The summed E-state index contributed by atoms with van der Waals surface area (Å²) >= 11 is 2.15. The zero-order valence-electron chi connectivity index (χ0n) is 11.2. The summed E-state index contributed by atoms with van der Waals surface area (Å²) in [5.74, 6) is 0.432. The van der Waals surface area contributed by atoms with Crippen LogP contribution in [-0.4, -0.2) is 28.7 Å². The number of alkyl halides is 1. The van der Waals surface area contributed by atoms with Gasteiger partial charge in [0.25, 0.3) is 0 Å². The molecule has 3 N–H and O–H groups in total. The fourth-order valence-electron chi connectivity index (χ4n) is 1.55. The monoisotopic (exact) mass is 368 g/mol. The number of ketones is 1. The molecular weight excluding hydrogens is 343 g/mol. The molecule has 0 aromatic carbocycles. The Morgan fingerprint density at radius 3 is 2.39 bits per heavy atom. The molecule has 0 spiro atoms. The van der Waals surface area contributed by atoms with Gasteiger partial charge in [-0.25, -0.2) is 0 Å². The molecule has 5 heteroatoms. The summed E-state index contributed by atoms with van der Waals surface area (Å²) in [5.41, 5.74) is 5.36. The summed E-state index contributed by atoms with van der Waals surface area (Å²) < 4.78 is 0.116. The zero-order valence-corrected chi connectivity index (χ0v) is 13.4. The van der Waals surface area contributed by atoms with E-state index >= 15 is 0 Å². The van der Waals surface area contributed by atoms with Crippen molar-refractivity contribution in [3.8, 4) is 0 Å². The summed E-state index contributed by atoms with van der Waals surface area (Å²) in [6.07, 6.45) is 5.88. The minimum Gasteiger partial charge on any atom is -0.356 e. The van der Waals surface area contributed by atoms with Gasteiger partial charge in [-0.05, 0) is 39.2 Å². The van der Waals surface area contributed by atoms with Gasteiger partial charge in [-0.1, -0.05) is 29.0 Å². The van der Waals surface area contributed by atoms with Crippen LogP contribution in [-0.2, 0) is 9.59 Å². The number of rotatable bonds is 11. The lowest BCUT2D eigenvalue weighted by atomic mass is 10.1. The van der Waals surface area contributed by atoms with Gasteiger partial charge < -0.3 is 11.1 Å². The highest BCUT2D eigenvalue weighted by molar-refractivity contribution is 14.1. The average Bonchev–Trinajstić information content (AvgIpc) is 2.33. The standard InChI is InChI=1S/C13H25IN2O2/c1-11(14)12(17)7-3-2-6-10-16-13(18)8-4-5-9-15/h11H,2-10,15H2,1H3,(H,16,18). The Kier molecular flexibility index (Phi) is 11.8. The zero-order chi connectivity index (χ0) is 13.8. The van der Waals surface area contributed by atoms with Crippen molar-refractivity contribution in [1.82, 2.24) is 5.32 Å². The molecule has 4 nitrogen and oxygen atoms in total. The summed E-state index contributed by atoms with van der Waals surface area (Å²) in [6.45, 7) is 3.29.